The average Bonchev–Trinajstić information content (AvgIpc) is 2.83. The van der Waals surface area contributed by atoms with Crippen LogP contribution >= 0.6 is 12.4 Å². The van der Waals surface area contributed by atoms with Gasteiger partial charge in [-0.2, -0.15) is 0 Å². The molecular formula is C11H16ClN. The van der Waals surface area contributed by atoms with Crippen LogP contribution in [0.3, 0.4) is 0 Å². The molecule has 0 spiro atoms. The van der Waals surface area contributed by atoms with Crippen LogP contribution in [-0.2, 0) is 0 Å². The lowest BCUT2D eigenvalue weighted by molar-refractivity contribution is 0.809. The molecule has 2 rings (SSSR count). The Labute approximate surface area is 85.7 Å². The van der Waals surface area contributed by atoms with Gasteiger partial charge in [-0.1, -0.05) is 29.8 Å². The molecule has 13 heavy (non-hydrogen) atoms. The van der Waals surface area contributed by atoms with Gasteiger partial charge in [0.25, 0.3) is 0 Å². The third-order valence-corrected chi connectivity index (χ3v) is 2.70. The van der Waals surface area contributed by atoms with Crippen LogP contribution in [0.4, 0.5) is 0 Å². The molecule has 1 aromatic rings. The number of nitrogens with two attached hydrogens (primary N) is 1. The Balaban J connectivity index is 0.000000845. The molecule has 2 atom stereocenters. The van der Waals surface area contributed by atoms with Crippen molar-refractivity contribution < 1.29 is 0 Å². The molecule has 1 aliphatic carbocycles. The Hall–Kier alpha value is -0.530. The standard InChI is InChI=1S/C11H15N.ClH/c1-8-3-2-4-9(5-8)11-6-10(11)7-12;/h2-5,10-11H,6-7,12H2,1H3;1H. The maximum atomic E-state index is 5.60. The van der Waals surface area contributed by atoms with Gasteiger partial charge in [-0.25, -0.2) is 0 Å². The van der Waals surface area contributed by atoms with Gasteiger partial charge in [-0.15, -0.1) is 12.4 Å². The van der Waals surface area contributed by atoms with E-state index in [1.54, 1.807) is 0 Å². The van der Waals surface area contributed by atoms with Gasteiger partial charge in [0, 0.05) is 0 Å². The van der Waals surface area contributed by atoms with Gasteiger partial charge < -0.3 is 5.73 Å². The van der Waals surface area contributed by atoms with E-state index in [9.17, 15) is 0 Å². The zero-order valence-corrected chi connectivity index (χ0v) is 8.68. The van der Waals surface area contributed by atoms with E-state index in [-0.39, 0.29) is 12.4 Å². The quantitative estimate of drug-likeness (QED) is 0.775. The molecule has 1 aromatic carbocycles. The van der Waals surface area contributed by atoms with Gasteiger partial charge in [0.15, 0.2) is 0 Å². The Bertz CT molecular complexity index is 285. The Morgan fingerprint density at radius 1 is 1.46 bits per heavy atom. The van der Waals surface area contributed by atoms with Gasteiger partial charge >= 0.3 is 0 Å². The third kappa shape index (κ3) is 2.23. The fourth-order valence-corrected chi connectivity index (χ4v) is 1.82. The minimum Gasteiger partial charge on any atom is -0.330 e. The molecule has 0 amide bonds. The molecule has 1 fully saturated rings. The SMILES string of the molecule is Cc1cccc(C2CC2CN)c1.Cl. The van der Waals surface area contributed by atoms with E-state index < -0.39 is 0 Å². The lowest BCUT2D eigenvalue weighted by atomic mass is 10.1. The van der Waals surface area contributed by atoms with Crippen LogP contribution < -0.4 is 5.73 Å². The van der Waals surface area contributed by atoms with E-state index >= 15 is 0 Å². The van der Waals surface area contributed by atoms with Crippen LogP contribution in [0.2, 0.25) is 0 Å². The largest absolute Gasteiger partial charge is 0.330 e. The Morgan fingerprint density at radius 2 is 2.23 bits per heavy atom. The third-order valence-electron chi connectivity index (χ3n) is 2.70. The first-order chi connectivity index (χ1) is 5.81. The van der Waals surface area contributed by atoms with Gasteiger partial charge in [0.2, 0.25) is 0 Å². The topological polar surface area (TPSA) is 26.0 Å². The van der Waals surface area contributed by atoms with Crippen LogP contribution in [0.25, 0.3) is 0 Å². The molecule has 0 heterocycles. The van der Waals surface area contributed by atoms with E-state index in [2.05, 4.69) is 31.2 Å². The van der Waals surface area contributed by atoms with Crippen molar-refractivity contribution >= 4 is 12.4 Å². The van der Waals surface area contributed by atoms with Gasteiger partial charge in [-0.3, -0.25) is 0 Å². The van der Waals surface area contributed by atoms with Crippen molar-refractivity contribution in [3.63, 3.8) is 0 Å². The second-order valence-corrected chi connectivity index (χ2v) is 3.75. The zero-order chi connectivity index (χ0) is 8.55. The maximum Gasteiger partial charge on any atom is -0.00428 e. The predicted octanol–water partition coefficient (Wildman–Crippen LogP) is 2.48. The number of hydrogen-bond acceptors (Lipinski definition) is 1. The molecule has 2 heteroatoms. The fourth-order valence-electron chi connectivity index (χ4n) is 1.82. The smallest absolute Gasteiger partial charge is 0.00428 e. The van der Waals surface area contributed by atoms with Crippen molar-refractivity contribution in [2.45, 2.75) is 19.3 Å². The highest BCUT2D eigenvalue weighted by Crippen LogP contribution is 2.46. The van der Waals surface area contributed by atoms with Crippen molar-refractivity contribution in [2.75, 3.05) is 6.54 Å². The Morgan fingerprint density at radius 3 is 2.77 bits per heavy atom. The minimum atomic E-state index is 0. The van der Waals surface area contributed by atoms with E-state index in [1.807, 2.05) is 0 Å². The predicted molar refractivity (Wildman–Crippen MR) is 58.3 cm³/mol. The number of hydrogen-bond donors (Lipinski definition) is 1. The summed E-state index contributed by atoms with van der Waals surface area (Å²) in [6.45, 7) is 2.99. The minimum absolute atomic E-state index is 0. The van der Waals surface area contributed by atoms with Crippen LogP contribution in [0.5, 0.6) is 0 Å². The van der Waals surface area contributed by atoms with Crippen molar-refractivity contribution in [2.24, 2.45) is 11.7 Å². The summed E-state index contributed by atoms with van der Waals surface area (Å²) >= 11 is 0. The molecule has 0 aliphatic heterocycles. The lowest BCUT2D eigenvalue weighted by Gasteiger charge is -1.99. The summed E-state index contributed by atoms with van der Waals surface area (Å²) in [7, 11) is 0. The van der Waals surface area contributed by atoms with Crippen molar-refractivity contribution in [3.8, 4) is 0 Å². The summed E-state index contributed by atoms with van der Waals surface area (Å²) in [6.07, 6.45) is 1.29. The number of rotatable bonds is 2. The first-order valence-electron chi connectivity index (χ1n) is 4.58. The average molecular weight is 198 g/mol. The molecule has 72 valence electrons. The van der Waals surface area contributed by atoms with Crippen LogP contribution in [-0.4, -0.2) is 6.54 Å². The van der Waals surface area contributed by atoms with E-state index in [0.717, 1.165) is 18.4 Å². The molecule has 1 aliphatic rings. The first kappa shape index (κ1) is 10.6. The van der Waals surface area contributed by atoms with E-state index in [4.69, 9.17) is 5.73 Å². The summed E-state index contributed by atoms with van der Waals surface area (Å²) in [6, 6.07) is 8.77. The summed E-state index contributed by atoms with van der Waals surface area (Å²) in [5.41, 5.74) is 8.43. The van der Waals surface area contributed by atoms with Crippen LogP contribution in [0, 0.1) is 12.8 Å². The molecular weight excluding hydrogens is 182 g/mol. The first-order valence-corrected chi connectivity index (χ1v) is 4.58. The highest BCUT2D eigenvalue weighted by Gasteiger charge is 2.36. The summed E-state index contributed by atoms with van der Waals surface area (Å²) in [5.74, 6) is 1.52. The van der Waals surface area contributed by atoms with Crippen molar-refractivity contribution in [1.29, 1.82) is 0 Å². The summed E-state index contributed by atoms with van der Waals surface area (Å²) < 4.78 is 0. The van der Waals surface area contributed by atoms with Gasteiger partial charge in [0.1, 0.15) is 0 Å². The fraction of sp³-hybridized carbons (Fsp3) is 0.455. The number of halogens is 1. The molecule has 1 saturated carbocycles. The number of benzene rings is 1. The van der Waals surface area contributed by atoms with Gasteiger partial charge in [0.05, 0.1) is 0 Å². The number of aryl methyl sites for hydroxylation is 1. The summed E-state index contributed by atoms with van der Waals surface area (Å²) in [4.78, 5) is 0. The molecule has 2 N–H and O–H groups in total. The maximum absolute atomic E-state index is 5.60. The molecule has 0 radical (unpaired) electrons. The second kappa shape index (κ2) is 4.12. The molecule has 0 aromatic heterocycles. The van der Waals surface area contributed by atoms with E-state index in [0.29, 0.717) is 0 Å². The zero-order valence-electron chi connectivity index (χ0n) is 7.86. The monoisotopic (exact) mass is 197 g/mol. The highest BCUT2D eigenvalue weighted by atomic mass is 35.5. The van der Waals surface area contributed by atoms with Crippen LogP contribution in [0.15, 0.2) is 24.3 Å². The highest BCUT2D eigenvalue weighted by molar-refractivity contribution is 5.85. The van der Waals surface area contributed by atoms with Crippen LogP contribution in [0.1, 0.15) is 23.5 Å². The molecule has 2 unspecified atom stereocenters. The van der Waals surface area contributed by atoms with Gasteiger partial charge in [-0.05, 0) is 37.3 Å². The second-order valence-electron chi connectivity index (χ2n) is 3.75. The van der Waals surface area contributed by atoms with Crippen molar-refractivity contribution in [1.82, 2.24) is 0 Å². The molecule has 0 saturated heterocycles. The molecule has 0 bridgehead atoms. The summed E-state index contributed by atoms with van der Waals surface area (Å²) in [5, 5.41) is 0. The van der Waals surface area contributed by atoms with Crippen molar-refractivity contribution in [3.05, 3.63) is 35.4 Å². The van der Waals surface area contributed by atoms with E-state index in [1.165, 1.54) is 17.5 Å². The molecule has 1 nitrogen and oxygen atoms in total. The lowest BCUT2D eigenvalue weighted by Crippen LogP contribution is -2.01. The Kier molecular flexibility index (Phi) is 3.34. The normalized spacial score (nSPS) is 25.1.